The highest BCUT2D eigenvalue weighted by molar-refractivity contribution is 5.92. The van der Waals surface area contributed by atoms with Gasteiger partial charge in [-0.1, -0.05) is 12.1 Å². The zero-order valence-corrected chi connectivity index (χ0v) is 18.9. The highest BCUT2D eigenvalue weighted by Gasteiger charge is 2.53. The molecule has 3 heterocycles. The number of likely N-dealkylation sites (tertiary alicyclic amines) is 1. The fourth-order valence-electron chi connectivity index (χ4n) is 4.95. The summed E-state index contributed by atoms with van der Waals surface area (Å²) in [5.74, 6) is -4.93. The molecule has 0 radical (unpaired) electrons. The molecule has 0 unspecified atom stereocenters. The van der Waals surface area contributed by atoms with Gasteiger partial charge >= 0.3 is 0 Å². The Labute approximate surface area is 198 Å². The van der Waals surface area contributed by atoms with Crippen molar-refractivity contribution in [2.24, 2.45) is 5.92 Å². The van der Waals surface area contributed by atoms with Crippen LogP contribution < -0.4 is 9.47 Å². The van der Waals surface area contributed by atoms with Crippen molar-refractivity contribution in [3.8, 4) is 11.6 Å². The molecule has 1 saturated carbocycles. The van der Waals surface area contributed by atoms with E-state index in [1.165, 1.54) is 36.3 Å². The summed E-state index contributed by atoms with van der Waals surface area (Å²) in [7, 11) is 1.37. The van der Waals surface area contributed by atoms with Crippen molar-refractivity contribution in [3.05, 3.63) is 53.2 Å². The third-order valence-corrected chi connectivity index (χ3v) is 6.83. The standard InChI is InChI=1S/C24H24F4N2O5/c1-32-21-18(33-12-14-9-23(27,28)10-14)6-5-17(29-21)22(31)30-8-7-24(19(11-30)34-13-35-24)15-3-2-4-16(25)20(15)26/h2-6,14,19H,7-13H2,1H3/t19-,24-/m1/s1. The molecule has 2 aliphatic heterocycles. The number of hydrogen-bond acceptors (Lipinski definition) is 6. The molecule has 5 rings (SSSR count). The van der Waals surface area contributed by atoms with Crippen LogP contribution in [0.5, 0.6) is 11.6 Å². The molecule has 2 saturated heterocycles. The SMILES string of the molecule is COc1nc(C(=O)N2CC[C@]3(c4cccc(F)c4F)OCO[C@@H]3C2)ccc1OCC1CC(F)(F)C1. The second-order valence-corrected chi connectivity index (χ2v) is 9.05. The van der Waals surface area contributed by atoms with Gasteiger partial charge in [-0.2, -0.15) is 0 Å². The zero-order valence-electron chi connectivity index (χ0n) is 18.9. The van der Waals surface area contributed by atoms with Crippen molar-refractivity contribution < 1.29 is 41.3 Å². The van der Waals surface area contributed by atoms with Crippen LogP contribution in [-0.4, -0.2) is 61.4 Å². The monoisotopic (exact) mass is 496 g/mol. The second kappa shape index (κ2) is 8.94. The molecule has 0 N–H and O–H groups in total. The lowest BCUT2D eigenvalue weighted by Crippen LogP contribution is -2.54. The molecule has 0 bridgehead atoms. The maximum Gasteiger partial charge on any atom is 0.272 e. The smallest absolute Gasteiger partial charge is 0.272 e. The number of nitrogens with zero attached hydrogens (tertiary/aromatic N) is 2. The van der Waals surface area contributed by atoms with Gasteiger partial charge in [0.05, 0.1) is 20.3 Å². The number of methoxy groups -OCH3 is 1. The molecule has 1 amide bonds. The lowest BCUT2D eigenvalue weighted by molar-refractivity contribution is -0.119. The van der Waals surface area contributed by atoms with Crippen LogP contribution in [0, 0.1) is 17.6 Å². The van der Waals surface area contributed by atoms with Gasteiger partial charge in [0.15, 0.2) is 17.4 Å². The summed E-state index contributed by atoms with van der Waals surface area (Å²) in [5.41, 5.74) is -1.03. The van der Waals surface area contributed by atoms with Crippen molar-refractivity contribution in [2.45, 2.75) is 36.9 Å². The number of hydrogen-bond donors (Lipinski definition) is 0. The lowest BCUT2D eigenvalue weighted by atomic mass is 9.81. The Balaban J connectivity index is 1.28. The van der Waals surface area contributed by atoms with Crippen LogP contribution in [-0.2, 0) is 15.1 Å². The first kappa shape index (κ1) is 23.8. The molecule has 11 heteroatoms. The first-order chi connectivity index (χ1) is 16.7. The number of rotatable bonds is 6. The first-order valence-electron chi connectivity index (χ1n) is 11.3. The van der Waals surface area contributed by atoms with E-state index in [4.69, 9.17) is 18.9 Å². The van der Waals surface area contributed by atoms with Gasteiger partial charge in [0, 0.05) is 37.3 Å². The van der Waals surface area contributed by atoms with Crippen LogP contribution >= 0.6 is 0 Å². The van der Waals surface area contributed by atoms with Crippen molar-refractivity contribution in [2.75, 3.05) is 33.6 Å². The number of benzene rings is 1. The van der Waals surface area contributed by atoms with Gasteiger partial charge in [-0.3, -0.25) is 4.79 Å². The van der Waals surface area contributed by atoms with Crippen LogP contribution in [0.15, 0.2) is 30.3 Å². The van der Waals surface area contributed by atoms with Crippen LogP contribution in [0.1, 0.15) is 35.3 Å². The predicted octanol–water partition coefficient (Wildman–Crippen LogP) is 3.91. The van der Waals surface area contributed by atoms with E-state index in [9.17, 15) is 22.4 Å². The largest absolute Gasteiger partial charge is 0.488 e. The summed E-state index contributed by atoms with van der Waals surface area (Å²) in [5, 5.41) is 0. The third-order valence-electron chi connectivity index (χ3n) is 6.83. The number of aromatic nitrogens is 1. The van der Waals surface area contributed by atoms with E-state index in [2.05, 4.69) is 4.98 Å². The van der Waals surface area contributed by atoms with E-state index >= 15 is 0 Å². The number of pyridine rings is 1. The number of piperidine rings is 1. The summed E-state index contributed by atoms with van der Waals surface area (Å²) in [6.45, 7) is 0.290. The zero-order chi connectivity index (χ0) is 24.8. The Hall–Kier alpha value is -2.92. The van der Waals surface area contributed by atoms with Crippen molar-refractivity contribution in [3.63, 3.8) is 0 Å². The fraction of sp³-hybridized carbons (Fsp3) is 0.500. The Morgan fingerprint density at radius 1 is 1.23 bits per heavy atom. The molecule has 2 atom stereocenters. The topological polar surface area (TPSA) is 70.1 Å². The highest BCUT2D eigenvalue weighted by atomic mass is 19.3. The highest BCUT2D eigenvalue weighted by Crippen LogP contribution is 2.44. The molecule has 7 nitrogen and oxygen atoms in total. The van der Waals surface area contributed by atoms with Crippen LogP contribution in [0.4, 0.5) is 17.6 Å². The summed E-state index contributed by atoms with van der Waals surface area (Å²) < 4.78 is 76.8. The van der Waals surface area contributed by atoms with Gasteiger partial charge < -0.3 is 23.8 Å². The average molecular weight is 496 g/mol. The summed E-state index contributed by atoms with van der Waals surface area (Å²) in [6.07, 6.45) is -0.930. The Morgan fingerprint density at radius 3 is 2.77 bits per heavy atom. The minimum absolute atomic E-state index is 0.0653. The van der Waals surface area contributed by atoms with Gasteiger partial charge in [-0.15, -0.1) is 0 Å². The summed E-state index contributed by atoms with van der Waals surface area (Å²) in [4.78, 5) is 18.9. The molecule has 1 aromatic heterocycles. The molecule has 1 aliphatic carbocycles. The molecule has 3 fully saturated rings. The van der Waals surface area contributed by atoms with Gasteiger partial charge in [-0.25, -0.2) is 22.5 Å². The molecular weight excluding hydrogens is 472 g/mol. The molecule has 188 valence electrons. The number of fused-ring (bicyclic) bond motifs is 1. The molecule has 1 aromatic carbocycles. The van der Waals surface area contributed by atoms with Gasteiger partial charge in [0.2, 0.25) is 5.92 Å². The van der Waals surface area contributed by atoms with Gasteiger partial charge in [0.1, 0.15) is 24.2 Å². The third kappa shape index (κ3) is 4.31. The number of alkyl halides is 2. The Bertz CT molecular complexity index is 1130. The number of halogens is 4. The summed E-state index contributed by atoms with van der Waals surface area (Å²) in [6, 6.07) is 6.90. The van der Waals surface area contributed by atoms with Gasteiger partial charge in [-0.05, 0) is 18.2 Å². The maximum absolute atomic E-state index is 14.6. The van der Waals surface area contributed by atoms with E-state index in [0.717, 1.165) is 6.07 Å². The number of carbonyl (C=O) groups is 1. The maximum atomic E-state index is 14.6. The molecule has 2 aromatic rings. The summed E-state index contributed by atoms with van der Waals surface area (Å²) >= 11 is 0. The average Bonchev–Trinajstić information content (AvgIpc) is 3.26. The normalized spacial score (nSPS) is 25.6. The van der Waals surface area contributed by atoms with E-state index < -0.39 is 35.2 Å². The first-order valence-corrected chi connectivity index (χ1v) is 11.3. The molecule has 0 spiro atoms. The lowest BCUT2D eigenvalue weighted by Gasteiger charge is -2.41. The minimum atomic E-state index is -2.63. The van der Waals surface area contributed by atoms with E-state index in [-0.39, 0.29) is 74.6 Å². The Morgan fingerprint density at radius 2 is 2.03 bits per heavy atom. The van der Waals surface area contributed by atoms with E-state index in [1.807, 2.05) is 0 Å². The number of carbonyl (C=O) groups excluding carboxylic acids is 1. The second-order valence-electron chi connectivity index (χ2n) is 9.05. The van der Waals surface area contributed by atoms with Crippen molar-refractivity contribution >= 4 is 5.91 Å². The van der Waals surface area contributed by atoms with Crippen LogP contribution in [0.25, 0.3) is 0 Å². The van der Waals surface area contributed by atoms with Gasteiger partial charge in [0.25, 0.3) is 11.8 Å². The quantitative estimate of drug-likeness (QED) is 0.565. The van der Waals surface area contributed by atoms with Crippen molar-refractivity contribution in [1.82, 2.24) is 9.88 Å². The molecular formula is C24H24F4N2O5. The fourth-order valence-corrected chi connectivity index (χ4v) is 4.95. The van der Waals surface area contributed by atoms with E-state index in [1.54, 1.807) is 0 Å². The minimum Gasteiger partial charge on any atom is -0.488 e. The Kier molecular flexibility index (Phi) is 6.08. The molecule has 3 aliphatic rings. The number of ether oxygens (including phenoxy) is 4. The van der Waals surface area contributed by atoms with E-state index in [0.29, 0.717) is 0 Å². The number of amides is 1. The van der Waals surface area contributed by atoms with Crippen LogP contribution in [0.2, 0.25) is 0 Å². The van der Waals surface area contributed by atoms with Crippen molar-refractivity contribution in [1.29, 1.82) is 0 Å². The predicted molar refractivity (Wildman–Crippen MR) is 113 cm³/mol. The molecule has 35 heavy (non-hydrogen) atoms. The van der Waals surface area contributed by atoms with Crippen LogP contribution in [0.3, 0.4) is 0 Å².